The molecule has 16 heavy (non-hydrogen) atoms. The molecule has 0 saturated heterocycles. The number of ether oxygens (including phenoxy) is 2. The molecule has 0 amide bonds. The third-order valence-corrected chi connectivity index (χ3v) is 2.40. The topological polar surface area (TPSA) is 35.5 Å². The van der Waals surface area contributed by atoms with Gasteiger partial charge in [0, 0.05) is 5.56 Å². The number of methoxy groups -OCH3 is 1. The molecule has 1 aromatic carbocycles. The number of rotatable bonds is 5. The van der Waals surface area contributed by atoms with Crippen LogP contribution in [0.15, 0.2) is 24.3 Å². The van der Waals surface area contributed by atoms with Crippen molar-refractivity contribution >= 4 is 5.97 Å². The SMILES string of the molecule is CCCOc1ccccc1C(C)C(=O)OC. The van der Waals surface area contributed by atoms with Gasteiger partial charge in [0.1, 0.15) is 5.75 Å². The molecule has 0 N–H and O–H groups in total. The van der Waals surface area contributed by atoms with E-state index in [1.165, 1.54) is 7.11 Å². The molecule has 0 fully saturated rings. The summed E-state index contributed by atoms with van der Waals surface area (Å²) in [4.78, 5) is 11.5. The van der Waals surface area contributed by atoms with Crippen LogP contribution in [-0.2, 0) is 9.53 Å². The second-order valence-corrected chi connectivity index (χ2v) is 3.63. The maximum atomic E-state index is 11.5. The maximum absolute atomic E-state index is 11.5. The van der Waals surface area contributed by atoms with Crippen molar-refractivity contribution in [2.24, 2.45) is 0 Å². The van der Waals surface area contributed by atoms with Crippen LogP contribution in [0.25, 0.3) is 0 Å². The summed E-state index contributed by atoms with van der Waals surface area (Å²) in [6.45, 7) is 4.53. The summed E-state index contributed by atoms with van der Waals surface area (Å²) < 4.78 is 10.3. The van der Waals surface area contributed by atoms with Crippen molar-refractivity contribution < 1.29 is 14.3 Å². The van der Waals surface area contributed by atoms with Gasteiger partial charge in [-0.3, -0.25) is 4.79 Å². The lowest BCUT2D eigenvalue weighted by atomic mass is 10.0. The molecule has 0 spiro atoms. The van der Waals surface area contributed by atoms with Gasteiger partial charge < -0.3 is 9.47 Å². The van der Waals surface area contributed by atoms with E-state index in [1.807, 2.05) is 38.1 Å². The van der Waals surface area contributed by atoms with Crippen LogP contribution in [0.4, 0.5) is 0 Å². The molecule has 88 valence electrons. The molecular weight excluding hydrogens is 204 g/mol. The average molecular weight is 222 g/mol. The number of carbonyl (C=O) groups excluding carboxylic acids is 1. The highest BCUT2D eigenvalue weighted by molar-refractivity contribution is 5.78. The minimum absolute atomic E-state index is 0.243. The Balaban J connectivity index is 2.89. The molecule has 1 rings (SSSR count). The van der Waals surface area contributed by atoms with E-state index < -0.39 is 0 Å². The molecule has 1 unspecified atom stereocenters. The van der Waals surface area contributed by atoms with Crippen LogP contribution < -0.4 is 4.74 Å². The molecule has 0 bridgehead atoms. The summed E-state index contributed by atoms with van der Waals surface area (Å²) >= 11 is 0. The summed E-state index contributed by atoms with van der Waals surface area (Å²) in [5, 5.41) is 0. The van der Waals surface area contributed by atoms with Gasteiger partial charge in [0.25, 0.3) is 0 Å². The molecule has 0 aliphatic carbocycles. The van der Waals surface area contributed by atoms with Gasteiger partial charge in [-0.2, -0.15) is 0 Å². The van der Waals surface area contributed by atoms with Gasteiger partial charge in [0.2, 0.25) is 0 Å². The smallest absolute Gasteiger partial charge is 0.312 e. The second kappa shape index (κ2) is 6.16. The number of benzene rings is 1. The van der Waals surface area contributed by atoms with E-state index in [0.29, 0.717) is 6.61 Å². The van der Waals surface area contributed by atoms with Gasteiger partial charge in [0.05, 0.1) is 19.6 Å². The predicted molar refractivity (Wildman–Crippen MR) is 62.7 cm³/mol. The van der Waals surface area contributed by atoms with Gasteiger partial charge >= 0.3 is 5.97 Å². The summed E-state index contributed by atoms with van der Waals surface area (Å²) in [5.74, 6) is 0.229. The lowest BCUT2D eigenvalue weighted by Crippen LogP contribution is -2.12. The number of hydrogen-bond acceptors (Lipinski definition) is 3. The van der Waals surface area contributed by atoms with Crippen LogP contribution in [0.2, 0.25) is 0 Å². The van der Waals surface area contributed by atoms with Crippen molar-refractivity contribution in [1.29, 1.82) is 0 Å². The number of esters is 1. The number of carbonyl (C=O) groups is 1. The normalized spacial score (nSPS) is 11.9. The lowest BCUT2D eigenvalue weighted by molar-refractivity contribution is -0.142. The first-order valence-corrected chi connectivity index (χ1v) is 5.50. The van der Waals surface area contributed by atoms with Crippen LogP contribution in [0, 0.1) is 0 Å². The first-order chi connectivity index (χ1) is 7.70. The average Bonchev–Trinajstić information content (AvgIpc) is 2.34. The summed E-state index contributed by atoms with van der Waals surface area (Å²) in [7, 11) is 1.40. The third kappa shape index (κ3) is 2.99. The van der Waals surface area contributed by atoms with Crippen molar-refractivity contribution in [1.82, 2.24) is 0 Å². The van der Waals surface area contributed by atoms with Crippen molar-refractivity contribution in [3.63, 3.8) is 0 Å². The molecular formula is C13H18O3. The largest absolute Gasteiger partial charge is 0.493 e. The highest BCUT2D eigenvalue weighted by Gasteiger charge is 2.19. The van der Waals surface area contributed by atoms with Crippen molar-refractivity contribution in [3.8, 4) is 5.75 Å². The minimum atomic E-state index is -0.293. The summed E-state index contributed by atoms with van der Waals surface area (Å²) in [6.07, 6.45) is 0.945. The van der Waals surface area contributed by atoms with Crippen molar-refractivity contribution in [2.75, 3.05) is 13.7 Å². The standard InChI is InChI=1S/C13H18O3/c1-4-9-16-12-8-6-5-7-11(12)10(2)13(14)15-3/h5-8,10H,4,9H2,1-3H3. The second-order valence-electron chi connectivity index (χ2n) is 3.63. The van der Waals surface area contributed by atoms with Crippen LogP contribution in [0.1, 0.15) is 31.7 Å². The van der Waals surface area contributed by atoms with E-state index in [4.69, 9.17) is 9.47 Å². The fraction of sp³-hybridized carbons (Fsp3) is 0.462. The molecule has 0 aliphatic heterocycles. The fourth-order valence-corrected chi connectivity index (χ4v) is 1.49. The zero-order valence-electron chi connectivity index (χ0n) is 10.0. The number of para-hydroxylation sites is 1. The van der Waals surface area contributed by atoms with Crippen molar-refractivity contribution in [3.05, 3.63) is 29.8 Å². The van der Waals surface area contributed by atoms with E-state index >= 15 is 0 Å². The van der Waals surface area contributed by atoms with E-state index in [1.54, 1.807) is 0 Å². The zero-order valence-corrected chi connectivity index (χ0v) is 10.0. The Morgan fingerprint density at radius 3 is 2.69 bits per heavy atom. The molecule has 0 radical (unpaired) electrons. The monoisotopic (exact) mass is 222 g/mol. The van der Waals surface area contributed by atoms with Gasteiger partial charge in [-0.05, 0) is 19.4 Å². The van der Waals surface area contributed by atoms with Gasteiger partial charge in [-0.25, -0.2) is 0 Å². The summed E-state index contributed by atoms with van der Waals surface area (Å²) in [5.41, 5.74) is 0.878. The van der Waals surface area contributed by atoms with Crippen LogP contribution >= 0.6 is 0 Å². The molecule has 0 saturated carbocycles. The summed E-state index contributed by atoms with van der Waals surface area (Å²) in [6, 6.07) is 7.57. The van der Waals surface area contributed by atoms with E-state index in [0.717, 1.165) is 17.7 Å². The first-order valence-electron chi connectivity index (χ1n) is 5.50. The Labute approximate surface area is 96.4 Å². The zero-order chi connectivity index (χ0) is 12.0. The molecule has 3 nitrogen and oxygen atoms in total. The lowest BCUT2D eigenvalue weighted by Gasteiger charge is -2.14. The number of hydrogen-bond donors (Lipinski definition) is 0. The van der Waals surface area contributed by atoms with Crippen molar-refractivity contribution in [2.45, 2.75) is 26.2 Å². The molecule has 1 aromatic rings. The van der Waals surface area contributed by atoms with E-state index in [2.05, 4.69) is 0 Å². The van der Waals surface area contributed by atoms with Crippen LogP contribution in [-0.4, -0.2) is 19.7 Å². The minimum Gasteiger partial charge on any atom is -0.493 e. The van der Waals surface area contributed by atoms with E-state index in [9.17, 15) is 4.79 Å². The highest BCUT2D eigenvalue weighted by Crippen LogP contribution is 2.27. The van der Waals surface area contributed by atoms with Gasteiger partial charge in [0.15, 0.2) is 0 Å². The molecule has 1 atom stereocenters. The van der Waals surface area contributed by atoms with Gasteiger partial charge in [-0.15, -0.1) is 0 Å². The molecule has 3 heteroatoms. The Morgan fingerprint density at radius 1 is 1.38 bits per heavy atom. The van der Waals surface area contributed by atoms with Crippen LogP contribution in [0.3, 0.4) is 0 Å². The molecule has 0 heterocycles. The molecule has 0 aromatic heterocycles. The van der Waals surface area contributed by atoms with E-state index in [-0.39, 0.29) is 11.9 Å². The Hall–Kier alpha value is -1.51. The Morgan fingerprint density at radius 2 is 2.06 bits per heavy atom. The fourth-order valence-electron chi connectivity index (χ4n) is 1.49. The highest BCUT2D eigenvalue weighted by atomic mass is 16.5. The molecule has 0 aliphatic rings. The Kier molecular flexibility index (Phi) is 4.83. The van der Waals surface area contributed by atoms with Gasteiger partial charge in [-0.1, -0.05) is 25.1 Å². The Bertz CT molecular complexity index is 347. The maximum Gasteiger partial charge on any atom is 0.312 e. The first kappa shape index (κ1) is 12.6. The third-order valence-electron chi connectivity index (χ3n) is 2.40. The quantitative estimate of drug-likeness (QED) is 0.719. The van der Waals surface area contributed by atoms with Crippen LogP contribution in [0.5, 0.6) is 5.75 Å². The predicted octanol–water partition coefficient (Wildman–Crippen LogP) is 2.75.